The van der Waals surface area contributed by atoms with Crippen molar-refractivity contribution in [1.29, 1.82) is 0 Å². The van der Waals surface area contributed by atoms with Crippen LogP contribution in [0.15, 0.2) is 97.1 Å². The van der Waals surface area contributed by atoms with Gasteiger partial charge in [0.2, 0.25) is 0 Å². The Bertz CT molecular complexity index is 1700. The predicted octanol–water partition coefficient (Wildman–Crippen LogP) is 14.4. The minimum absolute atomic E-state index is 0.298. The summed E-state index contributed by atoms with van der Waals surface area (Å²) in [6, 6.07) is 35.0. The van der Waals surface area contributed by atoms with Crippen LogP contribution in [0.2, 0.25) is 0 Å². The van der Waals surface area contributed by atoms with E-state index >= 15 is 0 Å². The van der Waals surface area contributed by atoms with Crippen LogP contribution in [0.1, 0.15) is 159 Å². The Morgan fingerprint density at radius 2 is 0.885 bits per heavy atom. The van der Waals surface area contributed by atoms with E-state index in [4.69, 9.17) is 4.74 Å². The number of benzene rings is 4. The van der Waals surface area contributed by atoms with Gasteiger partial charge in [-0.05, 0) is 110 Å². The Morgan fingerprint density at radius 3 is 1.40 bits per heavy atom. The molecule has 0 spiro atoms. The fourth-order valence-corrected chi connectivity index (χ4v) is 9.48. The molecule has 1 heterocycles. The third-order valence-electron chi connectivity index (χ3n) is 12.3. The van der Waals surface area contributed by atoms with Crippen molar-refractivity contribution in [3.05, 3.63) is 136 Å². The van der Waals surface area contributed by atoms with Crippen LogP contribution in [0.25, 0.3) is 0 Å². The second kappa shape index (κ2) is 15.6. The third kappa shape index (κ3) is 9.24. The van der Waals surface area contributed by atoms with Gasteiger partial charge < -0.3 is 4.74 Å². The molecule has 0 amide bonds. The second-order valence-electron chi connectivity index (χ2n) is 20.5. The topological polar surface area (TPSA) is 9.23 Å². The molecule has 8 rings (SSSR count). The van der Waals surface area contributed by atoms with Gasteiger partial charge in [-0.3, -0.25) is 0 Å². The maximum Gasteiger partial charge on any atom is 0.122 e. The molecule has 0 aromatic heterocycles. The number of hydrogen-bond donors (Lipinski definition) is 0. The van der Waals surface area contributed by atoms with Crippen LogP contribution in [-0.4, -0.2) is 6.61 Å². The fraction of sp³-hybridized carbons (Fsp3) is 0.529. The molecule has 4 aromatic carbocycles. The van der Waals surface area contributed by atoms with Gasteiger partial charge in [0.05, 0.1) is 6.61 Å². The molecule has 0 N–H and O–H groups in total. The number of aryl methyl sites for hydroxylation is 1. The average Bonchev–Trinajstić information content (AvgIpc) is 3.76. The lowest BCUT2D eigenvalue weighted by Crippen LogP contribution is -2.28. The quantitative estimate of drug-likeness (QED) is 0.178. The van der Waals surface area contributed by atoms with E-state index in [1.54, 1.807) is 33.4 Å². The van der Waals surface area contributed by atoms with Crippen LogP contribution in [0.5, 0.6) is 5.75 Å². The summed E-state index contributed by atoms with van der Waals surface area (Å²) < 4.78 is 5.64. The lowest BCUT2D eigenvalue weighted by molar-refractivity contribution is 0.243. The van der Waals surface area contributed by atoms with Crippen molar-refractivity contribution in [3.63, 3.8) is 0 Å². The molecule has 5 unspecified atom stereocenters. The normalized spacial score (nSPS) is 22.7. The lowest BCUT2D eigenvalue weighted by Gasteiger charge is -2.40. The monoisotopic (exact) mass is 699 g/mol. The van der Waals surface area contributed by atoms with Gasteiger partial charge in [0, 0.05) is 11.5 Å². The summed E-state index contributed by atoms with van der Waals surface area (Å²) in [5, 5.41) is 0. The van der Waals surface area contributed by atoms with E-state index in [2.05, 4.69) is 181 Å². The molecule has 280 valence electrons. The van der Waals surface area contributed by atoms with E-state index in [0.29, 0.717) is 27.6 Å². The Morgan fingerprint density at radius 1 is 0.442 bits per heavy atom. The molecule has 0 fully saturated rings. The van der Waals surface area contributed by atoms with Crippen molar-refractivity contribution >= 4 is 0 Å². The highest BCUT2D eigenvalue weighted by Gasteiger charge is 2.38. The highest BCUT2D eigenvalue weighted by atomic mass is 16.5. The van der Waals surface area contributed by atoms with Crippen molar-refractivity contribution in [2.45, 2.75) is 139 Å². The molecule has 0 bridgehead atoms. The van der Waals surface area contributed by atoms with Crippen LogP contribution in [-0.2, 0) is 19.3 Å². The van der Waals surface area contributed by atoms with Gasteiger partial charge in [0.1, 0.15) is 5.75 Å². The Balaban J connectivity index is 0.000000134. The standard InChI is InChI=1S/C14H20.C13H18.C12H16O.C12H16/c1-10-9-11-7-5-6-8-12(11)13(10)14(2,3)4;1-13(2,3)12-9-8-10-6-4-5-7-11(10)12;1-12(2,3)10-8-13-11-7-5-4-6-9(10)11;1-12(2,3)11-8-9-6-4-5-7-10(9)11/h5-8,10,13H,9H2,1-4H3;4-7,12H,8-9H2,1-3H3;4-7,10H,8H2,1-3H3;4-7,11H,8H2,1-3H3. The molecular formula is C51H70O. The molecule has 0 saturated carbocycles. The summed E-state index contributed by atoms with van der Waals surface area (Å²) in [6.07, 6.45) is 5.15. The first-order valence-corrected chi connectivity index (χ1v) is 20.2. The van der Waals surface area contributed by atoms with Crippen LogP contribution in [0.3, 0.4) is 0 Å². The van der Waals surface area contributed by atoms with Gasteiger partial charge in [-0.15, -0.1) is 0 Å². The van der Waals surface area contributed by atoms with E-state index in [1.165, 1.54) is 31.2 Å². The summed E-state index contributed by atoms with van der Waals surface area (Å²) >= 11 is 0. The molecule has 52 heavy (non-hydrogen) atoms. The van der Waals surface area contributed by atoms with Crippen molar-refractivity contribution in [3.8, 4) is 5.75 Å². The highest BCUT2D eigenvalue weighted by molar-refractivity contribution is 5.42. The van der Waals surface area contributed by atoms with Crippen molar-refractivity contribution in [2.75, 3.05) is 6.61 Å². The van der Waals surface area contributed by atoms with Crippen molar-refractivity contribution < 1.29 is 4.74 Å². The van der Waals surface area contributed by atoms with Gasteiger partial charge in [0.15, 0.2) is 0 Å². The first-order chi connectivity index (χ1) is 24.3. The number of ether oxygens (including phenoxy) is 1. The number of fused-ring (bicyclic) bond motifs is 4. The van der Waals surface area contributed by atoms with E-state index in [1.807, 2.05) is 6.07 Å². The van der Waals surface area contributed by atoms with E-state index in [9.17, 15) is 0 Å². The van der Waals surface area contributed by atoms with Crippen molar-refractivity contribution in [2.24, 2.45) is 27.6 Å². The van der Waals surface area contributed by atoms with Gasteiger partial charge in [-0.1, -0.05) is 181 Å². The molecule has 0 radical (unpaired) electrons. The largest absolute Gasteiger partial charge is 0.493 e. The summed E-state index contributed by atoms with van der Waals surface area (Å²) in [5.74, 6) is 4.70. The summed E-state index contributed by atoms with van der Waals surface area (Å²) in [5.41, 5.74) is 12.4. The molecule has 1 aliphatic heterocycles. The highest BCUT2D eigenvalue weighted by Crippen LogP contribution is 2.49. The van der Waals surface area contributed by atoms with E-state index in [-0.39, 0.29) is 0 Å². The lowest BCUT2D eigenvalue weighted by atomic mass is 9.65. The van der Waals surface area contributed by atoms with Gasteiger partial charge >= 0.3 is 0 Å². The Labute approximate surface area is 319 Å². The zero-order valence-electron chi connectivity index (χ0n) is 35.1. The molecular weight excluding hydrogens is 629 g/mol. The maximum absolute atomic E-state index is 5.64. The minimum atomic E-state index is 0.298. The molecule has 4 aromatic rings. The van der Waals surface area contributed by atoms with Crippen LogP contribution in [0, 0.1) is 27.6 Å². The van der Waals surface area contributed by atoms with Gasteiger partial charge in [-0.2, -0.15) is 0 Å². The first-order valence-electron chi connectivity index (χ1n) is 20.2. The zero-order chi connectivity index (χ0) is 38.1. The Kier molecular flexibility index (Phi) is 11.9. The van der Waals surface area contributed by atoms with Crippen LogP contribution in [0.4, 0.5) is 0 Å². The number of para-hydroxylation sites is 1. The summed E-state index contributed by atoms with van der Waals surface area (Å²) in [6.45, 7) is 31.1. The maximum atomic E-state index is 5.64. The number of hydrogen-bond acceptors (Lipinski definition) is 1. The third-order valence-corrected chi connectivity index (χ3v) is 12.3. The van der Waals surface area contributed by atoms with Gasteiger partial charge in [0.25, 0.3) is 0 Å². The minimum Gasteiger partial charge on any atom is -0.493 e. The first kappa shape index (κ1) is 39.9. The summed E-state index contributed by atoms with van der Waals surface area (Å²) in [4.78, 5) is 0. The smallest absolute Gasteiger partial charge is 0.122 e. The van der Waals surface area contributed by atoms with E-state index in [0.717, 1.165) is 36.0 Å². The average molecular weight is 699 g/mol. The van der Waals surface area contributed by atoms with E-state index < -0.39 is 0 Å². The van der Waals surface area contributed by atoms with Crippen LogP contribution < -0.4 is 4.74 Å². The summed E-state index contributed by atoms with van der Waals surface area (Å²) in [7, 11) is 0. The molecule has 0 saturated heterocycles. The van der Waals surface area contributed by atoms with Crippen molar-refractivity contribution in [1.82, 2.24) is 0 Å². The fourth-order valence-electron chi connectivity index (χ4n) is 9.48. The Hall–Kier alpha value is -3.32. The van der Waals surface area contributed by atoms with Crippen LogP contribution >= 0.6 is 0 Å². The zero-order valence-corrected chi connectivity index (χ0v) is 35.1. The molecule has 4 aliphatic rings. The molecule has 1 nitrogen and oxygen atoms in total. The van der Waals surface area contributed by atoms with Gasteiger partial charge in [-0.25, -0.2) is 0 Å². The molecule has 1 heteroatoms. The second-order valence-corrected chi connectivity index (χ2v) is 20.5. The molecule has 5 atom stereocenters. The number of rotatable bonds is 0. The SMILES string of the molecule is CC(C)(C)C1CCc2ccccc21.CC(C)(C)C1COc2ccccc21.CC(C)(C)C1Cc2ccccc21.CC1Cc2ccccc2C1C(C)(C)C. The molecule has 3 aliphatic carbocycles. The predicted molar refractivity (Wildman–Crippen MR) is 225 cm³/mol.